The summed E-state index contributed by atoms with van der Waals surface area (Å²) in [6.07, 6.45) is 0. The summed E-state index contributed by atoms with van der Waals surface area (Å²) in [5.41, 5.74) is 3.33. The number of aromatic amines is 1. The first-order valence-electron chi connectivity index (χ1n) is 10.0. The van der Waals surface area contributed by atoms with Crippen LogP contribution in [0.15, 0.2) is 70.3 Å². The highest BCUT2D eigenvalue weighted by atomic mass is 35.5. The summed E-state index contributed by atoms with van der Waals surface area (Å²) in [6, 6.07) is 18.6. The maximum absolute atomic E-state index is 13.3. The van der Waals surface area contributed by atoms with Crippen LogP contribution in [0.3, 0.4) is 0 Å². The molecule has 4 rings (SSSR count). The summed E-state index contributed by atoms with van der Waals surface area (Å²) >= 11 is 6.48. The number of rotatable bonds is 2. The third-order valence-corrected chi connectivity index (χ3v) is 5.54. The van der Waals surface area contributed by atoms with Gasteiger partial charge in [-0.25, -0.2) is 9.36 Å². The minimum absolute atomic E-state index is 0.167. The fraction of sp³-hybridized carbons (Fsp3) is 0.154. The van der Waals surface area contributed by atoms with Gasteiger partial charge in [0, 0.05) is 11.1 Å². The Balaban J connectivity index is 1.86. The minimum atomic E-state index is -0.519. The van der Waals surface area contributed by atoms with Crippen LogP contribution in [0, 0.1) is 18.8 Å². The van der Waals surface area contributed by atoms with Gasteiger partial charge in [0.1, 0.15) is 0 Å². The maximum Gasteiger partial charge on any atom is 0.333 e. The third kappa shape index (κ3) is 3.93. The Morgan fingerprint density at radius 3 is 2.32 bits per heavy atom. The molecule has 0 saturated heterocycles. The first kappa shape index (κ1) is 20.7. The quantitative estimate of drug-likeness (QED) is 0.448. The number of H-pyrrole nitrogens is 1. The molecule has 0 bridgehead atoms. The van der Waals surface area contributed by atoms with Crippen LogP contribution in [0.5, 0.6) is 0 Å². The highest BCUT2D eigenvalue weighted by molar-refractivity contribution is 6.32. The van der Waals surface area contributed by atoms with Gasteiger partial charge >= 0.3 is 5.69 Å². The third-order valence-electron chi connectivity index (χ3n) is 5.23. The van der Waals surface area contributed by atoms with Crippen molar-refractivity contribution in [1.82, 2.24) is 9.55 Å². The number of nitrogens with one attached hydrogen (secondary N) is 1. The predicted octanol–water partition coefficient (Wildman–Crippen LogP) is 5.16. The van der Waals surface area contributed by atoms with Crippen molar-refractivity contribution < 1.29 is 0 Å². The zero-order valence-corrected chi connectivity index (χ0v) is 18.2. The smallest absolute Gasteiger partial charge is 0.306 e. The molecule has 3 aromatic carbocycles. The van der Waals surface area contributed by atoms with Crippen molar-refractivity contribution in [3.05, 3.63) is 109 Å². The van der Waals surface area contributed by atoms with Gasteiger partial charge in [-0.15, -0.1) is 0 Å². The molecule has 0 amide bonds. The zero-order chi connectivity index (χ0) is 22.1. The molecule has 0 saturated carbocycles. The molecule has 0 unspecified atom stereocenters. The summed E-state index contributed by atoms with van der Waals surface area (Å²) in [6.45, 7) is 5.92. The molecule has 4 nitrogen and oxygen atoms in total. The maximum atomic E-state index is 13.3. The molecule has 1 aromatic heterocycles. The van der Waals surface area contributed by atoms with E-state index in [-0.39, 0.29) is 16.5 Å². The van der Waals surface area contributed by atoms with Crippen molar-refractivity contribution in [2.45, 2.75) is 26.7 Å². The Kier molecular flexibility index (Phi) is 5.54. The second-order valence-electron chi connectivity index (χ2n) is 7.73. The summed E-state index contributed by atoms with van der Waals surface area (Å²) in [5, 5.41) is 0.777. The van der Waals surface area contributed by atoms with Crippen molar-refractivity contribution in [3.8, 4) is 17.5 Å². The van der Waals surface area contributed by atoms with Gasteiger partial charge in [0.25, 0.3) is 5.56 Å². The SMILES string of the molecule is Cc1ccc(C(C)C)c2[nH]c(=O)n(-c3ccc(C#Cc4ccccc4)cc3Cl)c(=O)c12. The molecule has 0 radical (unpaired) electrons. The molecular weight excluding hydrogens is 408 g/mol. The van der Waals surface area contributed by atoms with E-state index in [0.717, 1.165) is 21.3 Å². The molecular formula is C26H21ClN2O2. The van der Waals surface area contributed by atoms with Gasteiger partial charge in [0.2, 0.25) is 0 Å². The fourth-order valence-corrected chi connectivity index (χ4v) is 3.90. The second kappa shape index (κ2) is 8.29. The van der Waals surface area contributed by atoms with E-state index in [1.54, 1.807) is 18.2 Å². The topological polar surface area (TPSA) is 54.9 Å². The van der Waals surface area contributed by atoms with Crippen molar-refractivity contribution in [2.24, 2.45) is 0 Å². The lowest BCUT2D eigenvalue weighted by Gasteiger charge is -2.14. The molecule has 0 aliphatic heterocycles. The Hall–Kier alpha value is -3.55. The van der Waals surface area contributed by atoms with Crippen LogP contribution in [-0.2, 0) is 0 Å². The number of benzene rings is 3. The number of aromatic nitrogens is 2. The summed E-state index contributed by atoms with van der Waals surface area (Å²) in [7, 11) is 0. The largest absolute Gasteiger partial charge is 0.333 e. The molecule has 31 heavy (non-hydrogen) atoms. The number of aryl methyl sites for hydroxylation is 1. The van der Waals surface area contributed by atoms with E-state index >= 15 is 0 Å². The first-order chi connectivity index (χ1) is 14.9. The van der Waals surface area contributed by atoms with Gasteiger partial charge in [-0.05, 0) is 54.3 Å². The number of hydrogen-bond donors (Lipinski definition) is 1. The van der Waals surface area contributed by atoms with E-state index in [0.29, 0.717) is 22.2 Å². The van der Waals surface area contributed by atoms with Crippen LogP contribution < -0.4 is 11.2 Å². The summed E-state index contributed by atoms with van der Waals surface area (Å²) in [5.74, 6) is 6.30. The first-order valence-corrected chi connectivity index (χ1v) is 10.4. The van der Waals surface area contributed by atoms with Gasteiger partial charge < -0.3 is 4.98 Å². The molecule has 4 aromatic rings. The van der Waals surface area contributed by atoms with Crippen molar-refractivity contribution in [1.29, 1.82) is 0 Å². The van der Waals surface area contributed by atoms with Crippen LogP contribution >= 0.6 is 11.6 Å². The second-order valence-corrected chi connectivity index (χ2v) is 8.14. The summed E-state index contributed by atoms with van der Waals surface area (Å²) < 4.78 is 1.09. The van der Waals surface area contributed by atoms with Crippen molar-refractivity contribution in [3.63, 3.8) is 0 Å². The van der Waals surface area contributed by atoms with Crippen LogP contribution in [0.1, 0.15) is 42.0 Å². The van der Waals surface area contributed by atoms with E-state index in [1.807, 2.05) is 63.2 Å². The average molecular weight is 429 g/mol. The van der Waals surface area contributed by atoms with Gasteiger partial charge in [-0.1, -0.05) is 67.6 Å². The molecule has 154 valence electrons. The van der Waals surface area contributed by atoms with Crippen LogP contribution in [-0.4, -0.2) is 9.55 Å². The van der Waals surface area contributed by atoms with E-state index in [9.17, 15) is 9.59 Å². The Morgan fingerprint density at radius 2 is 1.65 bits per heavy atom. The van der Waals surface area contributed by atoms with Gasteiger partial charge in [-0.3, -0.25) is 4.79 Å². The fourth-order valence-electron chi connectivity index (χ4n) is 3.63. The lowest BCUT2D eigenvalue weighted by atomic mass is 9.97. The van der Waals surface area contributed by atoms with Crippen molar-refractivity contribution in [2.75, 3.05) is 0 Å². The average Bonchev–Trinajstić information content (AvgIpc) is 2.74. The van der Waals surface area contributed by atoms with Gasteiger partial charge in [0.15, 0.2) is 0 Å². The lowest BCUT2D eigenvalue weighted by Crippen LogP contribution is -2.34. The molecule has 1 heterocycles. The van der Waals surface area contributed by atoms with Gasteiger partial charge in [0.05, 0.1) is 21.6 Å². The Morgan fingerprint density at radius 1 is 0.935 bits per heavy atom. The normalized spacial score (nSPS) is 10.9. The van der Waals surface area contributed by atoms with Crippen molar-refractivity contribution >= 4 is 22.5 Å². The van der Waals surface area contributed by atoms with Crippen LogP contribution in [0.25, 0.3) is 16.6 Å². The monoisotopic (exact) mass is 428 g/mol. The molecule has 0 fully saturated rings. The number of hydrogen-bond acceptors (Lipinski definition) is 2. The Labute approximate surface area is 185 Å². The number of nitrogens with zero attached hydrogens (tertiary/aromatic N) is 1. The molecule has 5 heteroatoms. The molecule has 0 aliphatic carbocycles. The molecule has 0 spiro atoms. The standard InChI is InChI=1S/C26H21ClN2O2/c1-16(2)20-13-9-17(3)23-24(20)28-26(31)29(25(23)30)22-14-12-19(15-21(22)27)11-10-18-7-5-4-6-8-18/h4-9,12-16H,1-3H3,(H,28,31). The predicted molar refractivity (Wildman–Crippen MR) is 126 cm³/mol. The van der Waals surface area contributed by atoms with E-state index in [2.05, 4.69) is 16.8 Å². The zero-order valence-electron chi connectivity index (χ0n) is 17.5. The van der Waals surface area contributed by atoms with E-state index in [1.165, 1.54) is 0 Å². The van der Waals surface area contributed by atoms with Gasteiger partial charge in [-0.2, -0.15) is 0 Å². The Bertz CT molecular complexity index is 1470. The summed E-state index contributed by atoms with van der Waals surface area (Å²) in [4.78, 5) is 29.2. The number of halogens is 1. The lowest BCUT2D eigenvalue weighted by molar-refractivity contribution is 0.856. The van der Waals surface area contributed by atoms with Crippen LogP contribution in [0.4, 0.5) is 0 Å². The highest BCUT2D eigenvalue weighted by Gasteiger charge is 2.17. The van der Waals surface area contributed by atoms with E-state index in [4.69, 9.17) is 11.6 Å². The number of fused-ring (bicyclic) bond motifs is 1. The van der Waals surface area contributed by atoms with Crippen LogP contribution in [0.2, 0.25) is 5.02 Å². The molecule has 1 N–H and O–H groups in total. The highest BCUT2D eigenvalue weighted by Crippen LogP contribution is 2.25. The molecule has 0 aliphatic rings. The van der Waals surface area contributed by atoms with E-state index < -0.39 is 5.69 Å². The molecule has 0 atom stereocenters. The minimum Gasteiger partial charge on any atom is -0.306 e.